The third-order valence-corrected chi connectivity index (χ3v) is 3.50. The van der Waals surface area contributed by atoms with E-state index in [0.717, 1.165) is 28.8 Å². The smallest absolute Gasteiger partial charge is 0.0504 e. The molecule has 0 aliphatic heterocycles. The van der Waals surface area contributed by atoms with Crippen molar-refractivity contribution in [3.05, 3.63) is 63.6 Å². The molecule has 0 spiro atoms. The molecule has 0 aliphatic carbocycles. The fraction of sp³-hybridized carbons (Fsp3) is 0.200. The highest BCUT2D eigenvalue weighted by molar-refractivity contribution is 9.10. The number of hydrogen-bond donors (Lipinski definition) is 2. The third kappa shape index (κ3) is 3.34. The van der Waals surface area contributed by atoms with Crippen LogP contribution >= 0.6 is 15.9 Å². The number of hydrogen-bond acceptors (Lipinski definition) is 2. The first-order valence-electron chi connectivity index (χ1n) is 5.96. The Hall–Kier alpha value is -1.32. The van der Waals surface area contributed by atoms with E-state index in [0.29, 0.717) is 0 Å². The van der Waals surface area contributed by atoms with Crippen molar-refractivity contribution in [1.82, 2.24) is 5.32 Å². The highest BCUT2D eigenvalue weighted by atomic mass is 79.9. The highest BCUT2D eigenvalue weighted by Crippen LogP contribution is 2.25. The van der Waals surface area contributed by atoms with E-state index in [4.69, 9.17) is 5.73 Å². The van der Waals surface area contributed by atoms with Crippen molar-refractivity contribution in [2.45, 2.75) is 20.0 Å². The molecule has 2 aromatic rings. The van der Waals surface area contributed by atoms with Gasteiger partial charge in [-0.2, -0.15) is 0 Å². The topological polar surface area (TPSA) is 38.0 Å². The van der Waals surface area contributed by atoms with Crippen molar-refractivity contribution in [1.29, 1.82) is 0 Å². The molecule has 2 aromatic carbocycles. The fourth-order valence-corrected chi connectivity index (χ4v) is 2.52. The number of nitrogens with one attached hydrogen (secondary N) is 1. The Balaban J connectivity index is 1.99. The second-order valence-electron chi connectivity index (χ2n) is 4.41. The first-order valence-corrected chi connectivity index (χ1v) is 6.75. The van der Waals surface area contributed by atoms with Crippen LogP contribution < -0.4 is 11.1 Å². The monoisotopic (exact) mass is 304 g/mol. The lowest BCUT2D eigenvalue weighted by Crippen LogP contribution is -2.14. The van der Waals surface area contributed by atoms with Gasteiger partial charge in [-0.05, 0) is 45.6 Å². The van der Waals surface area contributed by atoms with E-state index in [1.54, 1.807) is 0 Å². The summed E-state index contributed by atoms with van der Waals surface area (Å²) in [6.07, 6.45) is 0. The van der Waals surface area contributed by atoms with Crippen LogP contribution in [0.25, 0.3) is 0 Å². The third-order valence-electron chi connectivity index (χ3n) is 2.85. The minimum Gasteiger partial charge on any atom is -0.398 e. The van der Waals surface area contributed by atoms with Crippen LogP contribution in [0.15, 0.2) is 46.9 Å². The number of aryl methyl sites for hydroxylation is 1. The SMILES string of the molecule is Cc1cc(Br)c(N)c(CNCc2ccccc2)c1. The van der Waals surface area contributed by atoms with Crippen LogP contribution in [0.3, 0.4) is 0 Å². The zero-order valence-electron chi connectivity index (χ0n) is 10.4. The Morgan fingerprint density at radius 1 is 1.11 bits per heavy atom. The lowest BCUT2D eigenvalue weighted by atomic mass is 10.1. The van der Waals surface area contributed by atoms with Crippen LogP contribution in [0.5, 0.6) is 0 Å². The maximum absolute atomic E-state index is 6.04. The van der Waals surface area contributed by atoms with Gasteiger partial charge < -0.3 is 11.1 Å². The van der Waals surface area contributed by atoms with E-state index in [-0.39, 0.29) is 0 Å². The molecule has 2 nitrogen and oxygen atoms in total. The average molecular weight is 305 g/mol. The summed E-state index contributed by atoms with van der Waals surface area (Å²) in [7, 11) is 0. The predicted octanol–water partition coefficient (Wildman–Crippen LogP) is 3.63. The van der Waals surface area contributed by atoms with Crippen molar-refractivity contribution in [2.75, 3.05) is 5.73 Å². The Morgan fingerprint density at radius 3 is 2.56 bits per heavy atom. The molecule has 3 heteroatoms. The molecule has 3 N–H and O–H groups in total. The van der Waals surface area contributed by atoms with Gasteiger partial charge in [0.15, 0.2) is 0 Å². The van der Waals surface area contributed by atoms with E-state index in [2.05, 4.69) is 58.5 Å². The van der Waals surface area contributed by atoms with Gasteiger partial charge >= 0.3 is 0 Å². The van der Waals surface area contributed by atoms with Gasteiger partial charge in [-0.3, -0.25) is 0 Å². The molecular formula is C15H17BrN2. The molecule has 0 fully saturated rings. The number of benzene rings is 2. The molecule has 2 rings (SSSR count). The summed E-state index contributed by atoms with van der Waals surface area (Å²) >= 11 is 3.48. The molecule has 0 saturated carbocycles. The summed E-state index contributed by atoms with van der Waals surface area (Å²) in [6, 6.07) is 14.5. The summed E-state index contributed by atoms with van der Waals surface area (Å²) in [5.41, 5.74) is 10.5. The molecule has 0 radical (unpaired) electrons. The van der Waals surface area contributed by atoms with Gasteiger partial charge in [0.25, 0.3) is 0 Å². The summed E-state index contributed by atoms with van der Waals surface area (Å²) in [6.45, 7) is 3.71. The molecular weight excluding hydrogens is 288 g/mol. The van der Waals surface area contributed by atoms with Crippen molar-refractivity contribution >= 4 is 21.6 Å². The van der Waals surface area contributed by atoms with Crippen LogP contribution in [0, 0.1) is 6.92 Å². The molecule has 18 heavy (non-hydrogen) atoms. The van der Waals surface area contributed by atoms with Crippen molar-refractivity contribution in [3.8, 4) is 0 Å². The normalized spacial score (nSPS) is 10.6. The van der Waals surface area contributed by atoms with Crippen LogP contribution in [0.1, 0.15) is 16.7 Å². The van der Waals surface area contributed by atoms with E-state index >= 15 is 0 Å². The number of rotatable bonds is 4. The molecule has 0 atom stereocenters. The second-order valence-corrected chi connectivity index (χ2v) is 5.26. The quantitative estimate of drug-likeness (QED) is 0.847. The van der Waals surface area contributed by atoms with Crippen LogP contribution in [0.2, 0.25) is 0 Å². The van der Waals surface area contributed by atoms with E-state index < -0.39 is 0 Å². The zero-order chi connectivity index (χ0) is 13.0. The molecule has 0 unspecified atom stereocenters. The number of nitrogens with two attached hydrogens (primary N) is 1. The zero-order valence-corrected chi connectivity index (χ0v) is 12.0. The fourth-order valence-electron chi connectivity index (χ4n) is 1.91. The van der Waals surface area contributed by atoms with Gasteiger partial charge in [0, 0.05) is 17.6 Å². The number of halogens is 1. The Kier molecular flexibility index (Phi) is 4.39. The molecule has 0 aromatic heterocycles. The molecule has 0 amide bonds. The number of nitrogen functional groups attached to an aromatic ring is 1. The van der Waals surface area contributed by atoms with Gasteiger partial charge in [-0.15, -0.1) is 0 Å². The van der Waals surface area contributed by atoms with Gasteiger partial charge in [-0.25, -0.2) is 0 Å². The highest BCUT2D eigenvalue weighted by Gasteiger charge is 2.04. The minimum atomic E-state index is 0.779. The maximum atomic E-state index is 6.04. The molecule has 0 aliphatic rings. The summed E-state index contributed by atoms with van der Waals surface area (Å²) in [5, 5.41) is 3.41. The summed E-state index contributed by atoms with van der Waals surface area (Å²) in [5.74, 6) is 0. The van der Waals surface area contributed by atoms with Crippen LogP contribution in [-0.2, 0) is 13.1 Å². The molecule has 0 saturated heterocycles. The summed E-state index contributed by atoms with van der Waals surface area (Å²) in [4.78, 5) is 0. The largest absolute Gasteiger partial charge is 0.398 e. The van der Waals surface area contributed by atoms with E-state index in [9.17, 15) is 0 Å². The first kappa shape index (κ1) is 13.1. The lowest BCUT2D eigenvalue weighted by Gasteiger charge is -2.10. The maximum Gasteiger partial charge on any atom is 0.0504 e. The van der Waals surface area contributed by atoms with Crippen molar-refractivity contribution in [3.63, 3.8) is 0 Å². The van der Waals surface area contributed by atoms with Crippen molar-refractivity contribution in [2.24, 2.45) is 0 Å². The first-order chi connectivity index (χ1) is 8.66. The second kappa shape index (κ2) is 6.03. The van der Waals surface area contributed by atoms with E-state index in [1.165, 1.54) is 11.1 Å². The standard InChI is InChI=1S/C15H17BrN2/c1-11-7-13(15(17)14(16)8-11)10-18-9-12-5-3-2-4-6-12/h2-8,18H,9-10,17H2,1H3. The minimum absolute atomic E-state index is 0.779. The van der Waals surface area contributed by atoms with Gasteiger partial charge in [0.05, 0.1) is 5.69 Å². The van der Waals surface area contributed by atoms with Crippen molar-refractivity contribution < 1.29 is 0 Å². The molecule has 0 heterocycles. The Morgan fingerprint density at radius 2 is 1.83 bits per heavy atom. The van der Waals surface area contributed by atoms with Gasteiger partial charge in [0.2, 0.25) is 0 Å². The van der Waals surface area contributed by atoms with Gasteiger partial charge in [-0.1, -0.05) is 36.4 Å². The van der Waals surface area contributed by atoms with Gasteiger partial charge in [0.1, 0.15) is 0 Å². The Bertz CT molecular complexity index is 524. The Labute approximate surface area is 116 Å². The summed E-state index contributed by atoms with van der Waals surface area (Å²) < 4.78 is 0.971. The average Bonchev–Trinajstić information content (AvgIpc) is 2.36. The van der Waals surface area contributed by atoms with E-state index in [1.807, 2.05) is 12.1 Å². The lowest BCUT2D eigenvalue weighted by molar-refractivity contribution is 0.694. The molecule has 0 bridgehead atoms. The predicted molar refractivity (Wildman–Crippen MR) is 80.3 cm³/mol. The number of anilines is 1. The van der Waals surface area contributed by atoms with Crippen LogP contribution in [0.4, 0.5) is 5.69 Å². The van der Waals surface area contributed by atoms with Crippen LogP contribution in [-0.4, -0.2) is 0 Å². The molecule has 94 valence electrons.